The molecule has 0 aliphatic carbocycles. The Hall–Kier alpha value is -4.46. The highest BCUT2D eigenvalue weighted by atomic mass is 16.6. The van der Waals surface area contributed by atoms with Crippen LogP contribution in [0.5, 0.6) is 5.75 Å². The number of nitro benzene ring substituents is 1. The molecule has 1 heterocycles. The van der Waals surface area contributed by atoms with Crippen molar-refractivity contribution in [1.82, 2.24) is 0 Å². The molecule has 1 unspecified atom stereocenters. The zero-order chi connectivity index (χ0) is 24.6. The van der Waals surface area contributed by atoms with Crippen molar-refractivity contribution in [3.8, 4) is 5.75 Å². The SMILES string of the molecule is COc1ccc(C2/C(=C(\O)c3ccc([N+](=O)[O-])cc3)C(=O)C(=O)N2c2ccc(C)c(C)c2)cc1. The van der Waals surface area contributed by atoms with Crippen molar-refractivity contribution >= 4 is 28.8 Å². The molecule has 1 fully saturated rings. The number of rotatable bonds is 5. The summed E-state index contributed by atoms with van der Waals surface area (Å²) in [6.07, 6.45) is 0. The van der Waals surface area contributed by atoms with Gasteiger partial charge in [0.25, 0.3) is 17.4 Å². The largest absolute Gasteiger partial charge is 0.507 e. The smallest absolute Gasteiger partial charge is 0.300 e. The fourth-order valence-corrected chi connectivity index (χ4v) is 3.97. The Bertz CT molecular complexity index is 1330. The van der Waals surface area contributed by atoms with Crippen LogP contribution in [0.4, 0.5) is 11.4 Å². The van der Waals surface area contributed by atoms with Gasteiger partial charge in [0.05, 0.1) is 23.6 Å². The van der Waals surface area contributed by atoms with E-state index in [9.17, 15) is 24.8 Å². The molecule has 172 valence electrons. The van der Waals surface area contributed by atoms with Crippen LogP contribution in [-0.4, -0.2) is 28.8 Å². The molecular weight excluding hydrogens is 436 g/mol. The summed E-state index contributed by atoms with van der Waals surface area (Å²) in [6, 6.07) is 16.6. The lowest BCUT2D eigenvalue weighted by Crippen LogP contribution is -2.29. The van der Waals surface area contributed by atoms with E-state index in [1.807, 2.05) is 26.0 Å². The second-order valence-electron chi connectivity index (χ2n) is 8.01. The lowest BCUT2D eigenvalue weighted by atomic mass is 9.95. The summed E-state index contributed by atoms with van der Waals surface area (Å²) in [5, 5.41) is 22.1. The van der Waals surface area contributed by atoms with Gasteiger partial charge in [-0.15, -0.1) is 0 Å². The number of aryl methyl sites for hydroxylation is 2. The van der Waals surface area contributed by atoms with Gasteiger partial charge < -0.3 is 9.84 Å². The van der Waals surface area contributed by atoms with Crippen molar-refractivity contribution in [3.63, 3.8) is 0 Å². The molecule has 0 radical (unpaired) electrons. The van der Waals surface area contributed by atoms with Crippen LogP contribution in [0.15, 0.2) is 72.3 Å². The molecule has 1 saturated heterocycles. The number of amides is 1. The quantitative estimate of drug-likeness (QED) is 0.192. The summed E-state index contributed by atoms with van der Waals surface area (Å²) < 4.78 is 5.22. The van der Waals surface area contributed by atoms with Crippen molar-refractivity contribution < 1.29 is 24.4 Å². The Labute approximate surface area is 195 Å². The molecule has 0 aromatic heterocycles. The molecule has 0 bridgehead atoms. The van der Waals surface area contributed by atoms with E-state index in [0.29, 0.717) is 17.0 Å². The first kappa shape index (κ1) is 22.7. The minimum Gasteiger partial charge on any atom is -0.507 e. The van der Waals surface area contributed by atoms with E-state index >= 15 is 0 Å². The number of nitrogens with zero attached hydrogens (tertiary/aromatic N) is 2. The van der Waals surface area contributed by atoms with E-state index in [2.05, 4.69) is 0 Å². The predicted octanol–water partition coefficient (Wildman–Crippen LogP) is 4.85. The van der Waals surface area contributed by atoms with Crippen molar-refractivity contribution in [3.05, 3.63) is 105 Å². The third-order valence-electron chi connectivity index (χ3n) is 6.00. The molecule has 3 aromatic carbocycles. The Morgan fingerprint density at radius 1 is 0.971 bits per heavy atom. The summed E-state index contributed by atoms with van der Waals surface area (Å²) in [6.45, 7) is 3.86. The Morgan fingerprint density at radius 2 is 1.62 bits per heavy atom. The monoisotopic (exact) mass is 458 g/mol. The van der Waals surface area contributed by atoms with Gasteiger partial charge >= 0.3 is 0 Å². The number of ether oxygens (including phenoxy) is 1. The number of nitro groups is 1. The van der Waals surface area contributed by atoms with Crippen LogP contribution in [0.1, 0.15) is 28.3 Å². The minimum atomic E-state index is -0.900. The predicted molar refractivity (Wildman–Crippen MR) is 127 cm³/mol. The fraction of sp³-hybridized carbons (Fsp3) is 0.154. The summed E-state index contributed by atoms with van der Waals surface area (Å²) in [7, 11) is 1.53. The van der Waals surface area contributed by atoms with Gasteiger partial charge in [-0.1, -0.05) is 18.2 Å². The van der Waals surface area contributed by atoms with Crippen molar-refractivity contribution in [2.45, 2.75) is 19.9 Å². The lowest BCUT2D eigenvalue weighted by molar-refractivity contribution is -0.384. The first-order valence-corrected chi connectivity index (χ1v) is 10.5. The zero-order valence-electron chi connectivity index (χ0n) is 18.8. The number of benzene rings is 3. The number of hydrogen-bond acceptors (Lipinski definition) is 6. The number of methoxy groups -OCH3 is 1. The first-order valence-electron chi connectivity index (χ1n) is 10.5. The highest BCUT2D eigenvalue weighted by Gasteiger charge is 2.47. The van der Waals surface area contributed by atoms with Gasteiger partial charge in [-0.25, -0.2) is 0 Å². The molecule has 1 aliphatic rings. The highest BCUT2D eigenvalue weighted by molar-refractivity contribution is 6.51. The third-order valence-corrected chi connectivity index (χ3v) is 6.00. The Balaban J connectivity index is 1.91. The maximum atomic E-state index is 13.2. The van der Waals surface area contributed by atoms with Gasteiger partial charge in [0.15, 0.2) is 0 Å². The summed E-state index contributed by atoms with van der Waals surface area (Å²) in [4.78, 5) is 38.2. The third kappa shape index (κ3) is 3.90. The number of non-ortho nitro benzene ring substituents is 1. The number of hydrogen-bond donors (Lipinski definition) is 1. The van der Waals surface area contributed by atoms with E-state index < -0.39 is 28.4 Å². The molecule has 34 heavy (non-hydrogen) atoms. The van der Waals surface area contributed by atoms with Crippen LogP contribution >= 0.6 is 0 Å². The molecule has 3 aromatic rings. The lowest BCUT2D eigenvalue weighted by Gasteiger charge is -2.26. The van der Waals surface area contributed by atoms with Crippen LogP contribution in [-0.2, 0) is 9.59 Å². The van der Waals surface area contributed by atoms with E-state index in [1.54, 1.807) is 30.3 Å². The molecular formula is C26H22N2O6. The van der Waals surface area contributed by atoms with Crippen LogP contribution in [0.3, 0.4) is 0 Å². The average molecular weight is 458 g/mol. The minimum absolute atomic E-state index is 0.0951. The van der Waals surface area contributed by atoms with E-state index in [-0.39, 0.29) is 16.8 Å². The second-order valence-corrected chi connectivity index (χ2v) is 8.01. The number of anilines is 1. The summed E-state index contributed by atoms with van der Waals surface area (Å²) in [5.41, 5.74) is 3.05. The normalized spacial score (nSPS) is 17.1. The van der Waals surface area contributed by atoms with Gasteiger partial charge in [0, 0.05) is 23.4 Å². The van der Waals surface area contributed by atoms with Crippen LogP contribution in [0.25, 0.3) is 5.76 Å². The fourth-order valence-electron chi connectivity index (χ4n) is 3.97. The first-order chi connectivity index (χ1) is 16.2. The molecule has 1 amide bonds. The average Bonchev–Trinajstić information content (AvgIpc) is 3.11. The van der Waals surface area contributed by atoms with E-state index in [0.717, 1.165) is 11.1 Å². The number of aliphatic hydroxyl groups is 1. The van der Waals surface area contributed by atoms with Crippen LogP contribution in [0, 0.1) is 24.0 Å². The maximum Gasteiger partial charge on any atom is 0.300 e. The highest BCUT2D eigenvalue weighted by Crippen LogP contribution is 2.42. The Kier molecular flexibility index (Phi) is 5.89. The van der Waals surface area contributed by atoms with E-state index in [1.165, 1.54) is 36.3 Å². The van der Waals surface area contributed by atoms with E-state index in [4.69, 9.17) is 4.74 Å². The molecule has 8 nitrogen and oxygen atoms in total. The summed E-state index contributed by atoms with van der Waals surface area (Å²) >= 11 is 0. The summed E-state index contributed by atoms with van der Waals surface area (Å²) in [5.74, 6) is -1.41. The van der Waals surface area contributed by atoms with Gasteiger partial charge in [0.2, 0.25) is 0 Å². The second kappa shape index (κ2) is 8.82. The molecule has 8 heteroatoms. The molecule has 4 rings (SSSR count). The number of aliphatic hydroxyl groups excluding tert-OH is 1. The van der Waals surface area contributed by atoms with Gasteiger partial charge in [-0.2, -0.15) is 0 Å². The van der Waals surface area contributed by atoms with Crippen molar-refractivity contribution in [2.75, 3.05) is 12.0 Å². The van der Waals surface area contributed by atoms with Gasteiger partial charge in [0.1, 0.15) is 11.5 Å². The Morgan fingerprint density at radius 3 is 2.18 bits per heavy atom. The maximum absolute atomic E-state index is 13.2. The number of carbonyl (C=O) groups is 2. The molecule has 0 saturated carbocycles. The van der Waals surface area contributed by atoms with Gasteiger partial charge in [-0.3, -0.25) is 24.6 Å². The van der Waals surface area contributed by atoms with Gasteiger partial charge in [-0.05, 0) is 66.9 Å². The number of ketones is 1. The van der Waals surface area contributed by atoms with Crippen molar-refractivity contribution in [2.24, 2.45) is 0 Å². The standard InChI is InChI=1S/C26H22N2O6/c1-15-4-9-20(14-16(15)2)27-23(17-7-12-21(34-3)13-8-17)22(25(30)26(27)31)24(29)18-5-10-19(11-6-18)28(32)33/h4-14,23,29H,1-3H3/b24-22+. The number of Topliss-reactive ketones (excluding diaryl/α,β-unsaturated/α-hetero) is 1. The van der Waals surface area contributed by atoms with Crippen molar-refractivity contribution in [1.29, 1.82) is 0 Å². The van der Waals surface area contributed by atoms with Crippen LogP contribution in [0.2, 0.25) is 0 Å². The molecule has 1 N–H and O–H groups in total. The topological polar surface area (TPSA) is 110 Å². The van der Waals surface area contributed by atoms with Crippen LogP contribution < -0.4 is 9.64 Å². The number of carbonyl (C=O) groups excluding carboxylic acids is 2. The zero-order valence-corrected chi connectivity index (χ0v) is 18.8. The molecule has 0 spiro atoms. The molecule has 1 aliphatic heterocycles. The molecule has 1 atom stereocenters.